The Morgan fingerprint density at radius 3 is 2.64 bits per heavy atom. The van der Waals surface area contributed by atoms with Gasteiger partial charge in [-0.1, -0.05) is 0 Å². The molecule has 2 aliphatic carbocycles. The molecule has 0 bridgehead atoms. The molecule has 0 saturated heterocycles. The Morgan fingerprint density at radius 1 is 1.09 bits per heavy atom. The van der Waals surface area contributed by atoms with Crippen molar-refractivity contribution in [3.63, 3.8) is 0 Å². The van der Waals surface area contributed by atoms with E-state index in [1.807, 2.05) is 17.5 Å². The lowest BCUT2D eigenvalue weighted by Crippen LogP contribution is -2.39. The van der Waals surface area contributed by atoms with Gasteiger partial charge in [-0.3, -0.25) is 0 Å². The van der Waals surface area contributed by atoms with Crippen LogP contribution in [-0.2, 0) is 0 Å². The van der Waals surface area contributed by atoms with Crippen LogP contribution in [0.3, 0.4) is 0 Å². The largest absolute Gasteiger partial charge is 0.346 e. The maximum Gasteiger partial charge on any atom is 0.141 e. The number of hydrogen-bond acceptors (Lipinski definition) is 5. The molecule has 0 amide bonds. The van der Waals surface area contributed by atoms with E-state index in [0.717, 1.165) is 17.9 Å². The number of nitrogens with one attached hydrogen (secondary N) is 4. The maximum absolute atomic E-state index is 4.43. The summed E-state index contributed by atoms with van der Waals surface area (Å²) >= 11 is 0. The Labute approximate surface area is 130 Å². The van der Waals surface area contributed by atoms with Crippen LogP contribution in [0, 0.1) is 5.92 Å². The van der Waals surface area contributed by atoms with Crippen molar-refractivity contribution in [3.05, 3.63) is 23.5 Å². The van der Waals surface area contributed by atoms with Crippen molar-refractivity contribution in [2.45, 2.75) is 50.6 Å². The third-order valence-corrected chi connectivity index (χ3v) is 5.27. The molecule has 0 spiro atoms. The van der Waals surface area contributed by atoms with Crippen LogP contribution in [0.2, 0.25) is 0 Å². The third-order valence-electron chi connectivity index (χ3n) is 5.27. The van der Waals surface area contributed by atoms with E-state index in [9.17, 15) is 0 Å². The minimum Gasteiger partial charge on any atom is -0.346 e. The summed E-state index contributed by atoms with van der Waals surface area (Å²) in [5.74, 6) is 1.57. The zero-order valence-electron chi connectivity index (χ0n) is 12.6. The second-order valence-corrected chi connectivity index (χ2v) is 6.84. The highest BCUT2D eigenvalue weighted by molar-refractivity contribution is 5.87. The number of aromatic amines is 1. The molecule has 5 rings (SSSR count). The average Bonchev–Trinajstić information content (AvgIpc) is 3.07. The minimum atomic E-state index is 0.610. The molecule has 4 N–H and O–H groups in total. The predicted molar refractivity (Wildman–Crippen MR) is 85.9 cm³/mol. The SMILES string of the molecule is C1=Nc2[nH]ccc2C2=C([C@H]3CC[C@H](NC4CC4)CC3)NNN12. The van der Waals surface area contributed by atoms with Crippen molar-refractivity contribution in [3.8, 4) is 0 Å². The Hall–Kier alpha value is -1.79. The highest BCUT2D eigenvalue weighted by Crippen LogP contribution is 2.39. The van der Waals surface area contributed by atoms with Crippen LogP contribution in [0.5, 0.6) is 0 Å². The first-order chi connectivity index (χ1) is 10.9. The molecule has 1 aromatic heterocycles. The van der Waals surface area contributed by atoms with Gasteiger partial charge in [-0.2, -0.15) is 0 Å². The molecule has 1 aromatic rings. The van der Waals surface area contributed by atoms with Crippen LogP contribution in [0.25, 0.3) is 5.70 Å². The number of hydrogen-bond donors (Lipinski definition) is 4. The Balaban J connectivity index is 1.37. The van der Waals surface area contributed by atoms with Crippen molar-refractivity contribution in [1.82, 2.24) is 26.3 Å². The number of allylic oxidation sites excluding steroid dienone is 1. The summed E-state index contributed by atoms with van der Waals surface area (Å²) in [7, 11) is 0. The van der Waals surface area contributed by atoms with Gasteiger partial charge < -0.3 is 15.7 Å². The molecule has 4 aliphatic rings. The number of H-pyrrole nitrogens is 1. The Bertz CT molecular complexity index is 633. The van der Waals surface area contributed by atoms with Gasteiger partial charge in [-0.15, -0.1) is 5.53 Å². The minimum absolute atomic E-state index is 0.610. The molecule has 2 fully saturated rings. The fraction of sp³-hybridized carbons (Fsp3) is 0.562. The number of nitrogens with zero attached hydrogens (tertiary/aromatic N) is 2. The number of hydrazine groups is 2. The zero-order chi connectivity index (χ0) is 14.5. The van der Waals surface area contributed by atoms with Crippen LogP contribution in [0.1, 0.15) is 44.1 Å². The summed E-state index contributed by atoms with van der Waals surface area (Å²) in [6.45, 7) is 0. The van der Waals surface area contributed by atoms with E-state index in [-0.39, 0.29) is 0 Å². The Kier molecular flexibility index (Phi) is 2.81. The summed E-state index contributed by atoms with van der Waals surface area (Å²) in [4.78, 5) is 7.63. The smallest absolute Gasteiger partial charge is 0.141 e. The lowest BCUT2D eigenvalue weighted by Gasteiger charge is -2.30. The first kappa shape index (κ1) is 12.7. The number of aromatic nitrogens is 1. The first-order valence-electron chi connectivity index (χ1n) is 8.41. The molecule has 0 aromatic carbocycles. The summed E-state index contributed by atoms with van der Waals surface area (Å²) in [5.41, 5.74) is 10.4. The second kappa shape index (κ2) is 4.86. The van der Waals surface area contributed by atoms with E-state index in [0.29, 0.717) is 5.92 Å². The van der Waals surface area contributed by atoms with E-state index >= 15 is 0 Å². The highest BCUT2D eigenvalue weighted by Gasteiger charge is 2.35. The van der Waals surface area contributed by atoms with Crippen molar-refractivity contribution in [2.24, 2.45) is 10.9 Å². The number of fused-ring (bicyclic) bond motifs is 3. The molecule has 2 saturated carbocycles. The zero-order valence-corrected chi connectivity index (χ0v) is 12.6. The summed E-state index contributed by atoms with van der Waals surface area (Å²) in [5, 5.41) is 5.78. The monoisotopic (exact) mass is 298 g/mol. The van der Waals surface area contributed by atoms with Crippen molar-refractivity contribution < 1.29 is 0 Å². The summed E-state index contributed by atoms with van der Waals surface area (Å²) < 4.78 is 0. The van der Waals surface area contributed by atoms with Crippen LogP contribution < -0.4 is 16.3 Å². The van der Waals surface area contributed by atoms with Crippen molar-refractivity contribution in [2.75, 3.05) is 0 Å². The van der Waals surface area contributed by atoms with Crippen LogP contribution >= 0.6 is 0 Å². The molecular formula is C16H22N6. The fourth-order valence-electron chi connectivity index (χ4n) is 3.93. The van der Waals surface area contributed by atoms with E-state index in [1.54, 1.807) is 0 Å². The topological polar surface area (TPSA) is 67.5 Å². The molecule has 0 atom stereocenters. The van der Waals surface area contributed by atoms with Crippen molar-refractivity contribution >= 4 is 17.9 Å². The number of rotatable bonds is 3. The fourth-order valence-corrected chi connectivity index (χ4v) is 3.93. The second-order valence-electron chi connectivity index (χ2n) is 6.84. The average molecular weight is 298 g/mol. The van der Waals surface area contributed by atoms with Gasteiger partial charge in [0.25, 0.3) is 0 Å². The predicted octanol–water partition coefficient (Wildman–Crippen LogP) is 1.99. The molecule has 6 heteroatoms. The van der Waals surface area contributed by atoms with Crippen LogP contribution in [0.4, 0.5) is 5.82 Å². The quantitative estimate of drug-likeness (QED) is 0.689. The maximum atomic E-state index is 4.43. The van der Waals surface area contributed by atoms with Gasteiger partial charge in [0.2, 0.25) is 0 Å². The molecule has 6 nitrogen and oxygen atoms in total. The summed E-state index contributed by atoms with van der Waals surface area (Å²) in [6, 6.07) is 3.67. The van der Waals surface area contributed by atoms with E-state index in [4.69, 9.17) is 0 Å². The van der Waals surface area contributed by atoms with Gasteiger partial charge >= 0.3 is 0 Å². The van der Waals surface area contributed by atoms with Gasteiger partial charge in [-0.25, -0.2) is 10.0 Å². The van der Waals surface area contributed by atoms with Crippen LogP contribution in [-0.4, -0.2) is 28.4 Å². The molecule has 0 radical (unpaired) electrons. The highest BCUT2D eigenvalue weighted by atomic mass is 15.7. The van der Waals surface area contributed by atoms with E-state index < -0.39 is 0 Å². The van der Waals surface area contributed by atoms with Crippen molar-refractivity contribution in [1.29, 1.82) is 0 Å². The van der Waals surface area contributed by atoms with Gasteiger partial charge in [0.05, 0.1) is 11.4 Å². The standard InChI is InChI=1S/C16H22N6/c1-3-11(19-12-5-6-12)4-2-10(1)14-15-13-7-8-17-16(13)18-9-22(15)21-20-14/h7-12,17,19-21H,1-6H2/t10-,11-. The third kappa shape index (κ3) is 2.06. The molecular weight excluding hydrogens is 276 g/mol. The molecule has 116 valence electrons. The van der Waals surface area contributed by atoms with Crippen LogP contribution in [0.15, 0.2) is 23.0 Å². The van der Waals surface area contributed by atoms with Gasteiger partial charge in [-0.05, 0) is 44.6 Å². The molecule has 3 heterocycles. The van der Waals surface area contributed by atoms with Gasteiger partial charge in [0, 0.05) is 29.8 Å². The number of aliphatic imine (C=N–C) groups is 1. The first-order valence-corrected chi connectivity index (χ1v) is 8.41. The lowest BCUT2D eigenvalue weighted by molar-refractivity contribution is 0.305. The molecule has 0 unspecified atom stereocenters. The Morgan fingerprint density at radius 2 is 1.86 bits per heavy atom. The van der Waals surface area contributed by atoms with Gasteiger partial charge in [0.15, 0.2) is 0 Å². The normalized spacial score (nSPS) is 30.3. The lowest BCUT2D eigenvalue weighted by atomic mass is 9.83. The summed E-state index contributed by atoms with van der Waals surface area (Å²) in [6.07, 6.45) is 11.6. The van der Waals surface area contributed by atoms with E-state index in [2.05, 4.69) is 32.3 Å². The molecule has 2 aliphatic heterocycles. The van der Waals surface area contributed by atoms with E-state index in [1.165, 1.54) is 55.5 Å². The van der Waals surface area contributed by atoms with Gasteiger partial charge in [0.1, 0.15) is 12.2 Å². The molecule has 22 heavy (non-hydrogen) atoms.